The predicted molar refractivity (Wildman–Crippen MR) is 68.6 cm³/mol. The highest BCUT2D eigenvalue weighted by Crippen LogP contribution is 2.09. The minimum atomic E-state index is -3.43. The molecule has 0 radical (unpaired) electrons. The normalized spacial score (nSPS) is 10.9. The van der Waals surface area contributed by atoms with Crippen LogP contribution in [0.2, 0.25) is 0 Å². The molecule has 17 heavy (non-hydrogen) atoms. The average molecular weight is 281 g/mol. The van der Waals surface area contributed by atoms with E-state index in [1.54, 1.807) is 12.1 Å². The van der Waals surface area contributed by atoms with Crippen LogP contribution in [0.3, 0.4) is 0 Å². The van der Waals surface area contributed by atoms with Gasteiger partial charge in [0.25, 0.3) is 0 Å². The number of hydrogen-bond acceptors (Lipinski definition) is 4. The maximum Gasteiger partial charge on any atom is 0.240 e. The van der Waals surface area contributed by atoms with Crippen LogP contribution >= 0.6 is 12.4 Å². The summed E-state index contributed by atoms with van der Waals surface area (Å²) in [5, 5.41) is 0. The lowest BCUT2D eigenvalue weighted by Gasteiger charge is -2.06. The summed E-state index contributed by atoms with van der Waals surface area (Å²) in [6.07, 6.45) is 0. The van der Waals surface area contributed by atoms with Crippen LogP contribution in [0, 0.1) is 0 Å². The summed E-state index contributed by atoms with van der Waals surface area (Å²) in [6.45, 7) is 1.01. The number of nitrogens with two attached hydrogens (primary N) is 1. The van der Waals surface area contributed by atoms with Gasteiger partial charge in [-0.25, -0.2) is 13.1 Å². The van der Waals surface area contributed by atoms with Crippen LogP contribution in [0.15, 0.2) is 29.2 Å². The second-order valence-corrected chi connectivity index (χ2v) is 5.01. The lowest BCUT2D eigenvalue weighted by molar-refractivity contribution is 0.204. The van der Waals surface area contributed by atoms with Gasteiger partial charge in [-0.05, 0) is 17.7 Å². The Kier molecular flexibility index (Phi) is 7.33. The fourth-order valence-corrected chi connectivity index (χ4v) is 2.18. The first-order chi connectivity index (χ1) is 7.60. The molecule has 0 aromatic heterocycles. The van der Waals surface area contributed by atoms with Crippen molar-refractivity contribution in [2.75, 3.05) is 20.3 Å². The van der Waals surface area contributed by atoms with Crippen molar-refractivity contribution < 1.29 is 13.2 Å². The van der Waals surface area contributed by atoms with Crippen molar-refractivity contribution in [1.29, 1.82) is 0 Å². The highest BCUT2D eigenvalue weighted by molar-refractivity contribution is 7.89. The van der Waals surface area contributed by atoms with E-state index in [4.69, 9.17) is 10.5 Å². The second kappa shape index (κ2) is 7.62. The van der Waals surface area contributed by atoms with E-state index in [0.29, 0.717) is 13.2 Å². The van der Waals surface area contributed by atoms with Gasteiger partial charge in [-0.2, -0.15) is 0 Å². The summed E-state index contributed by atoms with van der Waals surface area (Å²) in [4.78, 5) is 0.237. The van der Waals surface area contributed by atoms with Crippen molar-refractivity contribution in [3.8, 4) is 0 Å². The summed E-state index contributed by atoms with van der Waals surface area (Å²) in [5.74, 6) is 0. The Morgan fingerprint density at radius 1 is 1.29 bits per heavy atom. The molecule has 0 fully saturated rings. The molecule has 0 saturated heterocycles. The van der Waals surface area contributed by atoms with Gasteiger partial charge >= 0.3 is 0 Å². The van der Waals surface area contributed by atoms with Gasteiger partial charge in [-0.3, -0.25) is 0 Å². The Morgan fingerprint density at radius 2 is 1.88 bits per heavy atom. The molecule has 98 valence electrons. The predicted octanol–water partition coefficient (Wildman–Crippen LogP) is 0.492. The van der Waals surface area contributed by atoms with Crippen molar-refractivity contribution in [3.05, 3.63) is 29.8 Å². The molecule has 0 aliphatic carbocycles. The quantitative estimate of drug-likeness (QED) is 0.743. The number of halogens is 1. The van der Waals surface area contributed by atoms with E-state index < -0.39 is 10.0 Å². The van der Waals surface area contributed by atoms with Gasteiger partial charge in [0.1, 0.15) is 0 Å². The monoisotopic (exact) mass is 280 g/mol. The van der Waals surface area contributed by atoms with Gasteiger partial charge < -0.3 is 10.5 Å². The zero-order chi connectivity index (χ0) is 12.0. The Hall–Kier alpha value is -0.660. The molecule has 1 aromatic carbocycles. The molecule has 0 unspecified atom stereocenters. The molecule has 3 N–H and O–H groups in total. The highest BCUT2D eigenvalue weighted by atomic mass is 35.5. The topological polar surface area (TPSA) is 81.4 Å². The summed E-state index contributed by atoms with van der Waals surface area (Å²) < 4.78 is 30.6. The van der Waals surface area contributed by atoms with Crippen LogP contribution < -0.4 is 10.5 Å². The van der Waals surface area contributed by atoms with Gasteiger partial charge in [0.2, 0.25) is 10.0 Å². The fourth-order valence-electron chi connectivity index (χ4n) is 1.17. The smallest absolute Gasteiger partial charge is 0.240 e. The standard InChI is InChI=1S/C10H16N2O3S.ClH/c1-15-7-6-12-16(13,14)10-4-2-9(8-11)3-5-10;/h2-5,12H,6-8,11H2,1H3;1H. The van der Waals surface area contributed by atoms with E-state index >= 15 is 0 Å². The molecule has 0 aliphatic rings. The number of methoxy groups -OCH3 is 1. The molecule has 1 rings (SSSR count). The van der Waals surface area contributed by atoms with E-state index in [9.17, 15) is 8.42 Å². The van der Waals surface area contributed by atoms with E-state index in [-0.39, 0.29) is 23.8 Å². The summed E-state index contributed by atoms with van der Waals surface area (Å²) >= 11 is 0. The summed E-state index contributed by atoms with van der Waals surface area (Å²) in [7, 11) is -1.91. The number of benzene rings is 1. The van der Waals surface area contributed by atoms with Crippen molar-refractivity contribution in [3.63, 3.8) is 0 Å². The molecule has 5 nitrogen and oxygen atoms in total. The largest absolute Gasteiger partial charge is 0.383 e. The zero-order valence-corrected chi connectivity index (χ0v) is 11.2. The van der Waals surface area contributed by atoms with Crippen LogP contribution in [0.4, 0.5) is 0 Å². The van der Waals surface area contributed by atoms with E-state index in [1.807, 2.05) is 0 Å². The first-order valence-electron chi connectivity index (χ1n) is 4.88. The minimum Gasteiger partial charge on any atom is -0.383 e. The van der Waals surface area contributed by atoms with E-state index in [0.717, 1.165) is 5.56 Å². The SMILES string of the molecule is COCCNS(=O)(=O)c1ccc(CN)cc1.Cl. The molecular formula is C10H17ClN2O3S. The molecule has 1 aromatic rings. The van der Waals surface area contributed by atoms with Crippen molar-refractivity contribution >= 4 is 22.4 Å². The molecule has 0 spiro atoms. The highest BCUT2D eigenvalue weighted by Gasteiger charge is 2.12. The maximum atomic E-state index is 11.7. The van der Waals surface area contributed by atoms with Gasteiger partial charge in [0.05, 0.1) is 11.5 Å². The maximum absolute atomic E-state index is 11.7. The van der Waals surface area contributed by atoms with Gasteiger partial charge in [-0.15, -0.1) is 12.4 Å². The Labute approximate surface area is 108 Å². The van der Waals surface area contributed by atoms with Crippen molar-refractivity contribution in [2.24, 2.45) is 5.73 Å². The molecular weight excluding hydrogens is 264 g/mol. The molecule has 0 bridgehead atoms. The second-order valence-electron chi connectivity index (χ2n) is 3.24. The molecule has 0 saturated carbocycles. The van der Waals surface area contributed by atoms with Crippen LogP contribution in [0.25, 0.3) is 0 Å². The lowest BCUT2D eigenvalue weighted by Crippen LogP contribution is -2.27. The summed E-state index contributed by atoms with van der Waals surface area (Å²) in [6, 6.07) is 6.48. The first kappa shape index (κ1) is 16.3. The van der Waals surface area contributed by atoms with Gasteiger partial charge in [0.15, 0.2) is 0 Å². The first-order valence-corrected chi connectivity index (χ1v) is 6.36. The van der Waals surface area contributed by atoms with Crippen LogP contribution in [-0.4, -0.2) is 28.7 Å². The Morgan fingerprint density at radius 3 is 2.35 bits per heavy atom. The number of ether oxygens (including phenoxy) is 1. The molecule has 0 aliphatic heterocycles. The molecule has 0 atom stereocenters. The summed E-state index contributed by atoms with van der Waals surface area (Å²) in [5.41, 5.74) is 6.32. The fraction of sp³-hybridized carbons (Fsp3) is 0.400. The third-order valence-corrected chi connectivity index (χ3v) is 3.54. The number of rotatable bonds is 6. The molecule has 0 amide bonds. The van der Waals surface area contributed by atoms with Crippen LogP contribution in [0.1, 0.15) is 5.56 Å². The zero-order valence-electron chi connectivity index (χ0n) is 9.55. The Bertz CT molecular complexity index is 420. The number of nitrogens with one attached hydrogen (secondary N) is 1. The van der Waals surface area contributed by atoms with Crippen molar-refractivity contribution in [1.82, 2.24) is 4.72 Å². The van der Waals surface area contributed by atoms with E-state index in [2.05, 4.69) is 4.72 Å². The van der Waals surface area contributed by atoms with Crippen LogP contribution in [-0.2, 0) is 21.3 Å². The number of hydrogen-bond donors (Lipinski definition) is 2. The lowest BCUT2D eigenvalue weighted by atomic mass is 10.2. The van der Waals surface area contributed by atoms with Gasteiger partial charge in [0, 0.05) is 20.2 Å². The average Bonchev–Trinajstić information content (AvgIpc) is 2.29. The van der Waals surface area contributed by atoms with E-state index in [1.165, 1.54) is 19.2 Å². The van der Waals surface area contributed by atoms with Gasteiger partial charge in [-0.1, -0.05) is 12.1 Å². The Balaban J connectivity index is 0.00000256. The molecule has 0 heterocycles. The third kappa shape index (κ3) is 5.01. The number of sulfonamides is 1. The molecule has 7 heteroatoms. The van der Waals surface area contributed by atoms with Crippen molar-refractivity contribution in [2.45, 2.75) is 11.4 Å². The minimum absolute atomic E-state index is 0. The third-order valence-electron chi connectivity index (χ3n) is 2.07. The van der Waals surface area contributed by atoms with Crippen LogP contribution in [0.5, 0.6) is 0 Å².